The lowest BCUT2D eigenvalue weighted by atomic mass is 10.1. The van der Waals surface area contributed by atoms with E-state index in [2.05, 4.69) is 16.4 Å². The third kappa shape index (κ3) is 4.86. The number of benzene rings is 3. The van der Waals surface area contributed by atoms with E-state index in [4.69, 9.17) is 16.1 Å². The Morgan fingerprint density at radius 2 is 1.69 bits per heavy atom. The molecule has 0 radical (unpaired) electrons. The van der Waals surface area contributed by atoms with Gasteiger partial charge in [0.2, 0.25) is 0 Å². The number of carbonyl (C=O) groups excluding carboxylic acids is 1. The number of amides is 1. The predicted molar refractivity (Wildman–Crippen MR) is 125 cm³/mol. The summed E-state index contributed by atoms with van der Waals surface area (Å²) in [4.78, 5) is 17.3. The second-order valence-corrected chi connectivity index (χ2v) is 7.80. The molecule has 156 valence electrons. The van der Waals surface area contributed by atoms with Gasteiger partial charge in [0.15, 0.2) is 0 Å². The fraction of sp³-hybridized carbons (Fsp3) is 0.0417. The number of hydrogen-bond acceptors (Lipinski definition) is 5. The maximum Gasteiger partial charge on any atom is 0.422 e. The van der Waals surface area contributed by atoms with E-state index in [-0.39, 0.29) is 11.0 Å². The molecule has 4 aromatic rings. The highest BCUT2D eigenvalue weighted by atomic mass is 32.1. The third-order valence-electron chi connectivity index (χ3n) is 4.61. The van der Waals surface area contributed by atoms with Gasteiger partial charge in [0.05, 0.1) is 17.2 Å². The molecule has 0 aliphatic rings. The first kappa shape index (κ1) is 21.3. The second kappa shape index (κ2) is 9.92. The van der Waals surface area contributed by atoms with Crippen molar-refractivity contribution < 1.29 is 13.2 Å². The number of rotatable bonds is 4. The lowest BCUT2D eigenvalue weighted by Crippen LogP contribution is -2.49. The Morgan fingerprint density at radius 1 is 1.03 bits per heavy atom. The molecule has 6 nitrogen and oxygen atoms in total. The third-order valence-corrected chi connectivity index (χ3v) is 5.51. The molecular formula is C24H17N4O2S2+. The number of nitriles is 1. The number of aromatic nitrogens is 1. The SMILES string of the molecule is N#Cc1ccccc1C[n+]1c(-c2ccccc2)os/c1=N\C(=S)NC(=O)c1ccccc1. The summed E-state index contributed by atoms with van der Waals surface area (Å²) in [6, 6.07) is 28.0. The van der Waals surface area contributed by atoms with Gasteiger partial charge in [0.25, 0.3) is 5.91 Å². The Bertz CT molecular complexity index is 1370. The van der Waals surface area contributed by atoms with Crippen molar-refractivity contribution in [3.63, 3.8) is 0 Å². The maximum absolute atomic E-state index is 12.4. The summed E-state index contributed by atoms with van der Waals surface area (Å²) in [7, 11) is 0. The molecule has 0 bridgehead atoms. The summed E-state index contributed by atoms with van der Waals surface area (Å²) < 4.78 is 7.72. The number of carbonyl (C=O) groups is 1. The van der Waals surface area contributed by atoms with E-state index >= 15 is 0 Å². The normalized spacial score (nSPS) is 11.0. The highest BCUT2D eigenvalue weighted by molar-refractivity contribution is 7.80. The Kier molecular flexibility index (Phi) is 6.60. The van der Waals surface area contributed by atoms with Crippen LogP contribution in [0.4, 0.5) is 0 Å². The monoisotopic (exact) mass is 457 g/mol. The summed E-state index contributed by atoms with van der Waals surface area (Å²) in [5, 5.41) is 12.1. The maximum atomic E-state index is 12.4. The van der Waals surface area contributed by atoms with Crippen LogP contribution >= 0.6 is 23.9 Å². The van der Waals surface area contributed by atoms with Crippen LogP contribution in [0.25, 0.3) is 11.5 Å². The molecule has 0 saturated carbocycles. The second-order valence-electron chi connectivity index (χ2n) is 6.71. The van der Waals surface area contributed by atoms with Crippen molar-refractivity contribution in [3.05, 3.63) is 106 Å². The Hall–Kier alpha value is -3.93. The van der Waals surface area contributed by atoms with Crippen LogP contribution in [-0.4, -0.2) is 11.0 Å². The minimum Gasteiger partial charge on any atom is -0.354 e. The van der Waals surface area contributed by atoms with E-state index in [0.717, 1.165) is 22.8 Å². The molecular weight excluding hydrogens is 440 g/mol. The smallest absolute Gasteiger partial charge is 0.354 e. The van der Waals surface area contributed by atoms with Crippen molar-refractivity contribution in [2.75, 3.05) is 0 Å². The molecule has 8 heteroatoms. The Balaban J connectivity index is 1.72. The average molecular weight is 458 g/mol. The zero-order valence-corrected chi connectivity index (χ0v) is 18.4. The Labute approximate surface area is 194 Å². The lowest BCUT2D eigenvalue weighted by molar-refractivity contribution is -0.693. The fourth-order valence-corrected chi connectivity index (χ4v) is 4.01. The molecule has 32 heavy (non-hydrogen) atoms. The fourth-order valence-electron chi connectivity index (χ4n) is 3.07. The van der Waals surface area contributed by atoms with E-state index in [1.54, 1.807) is 30.3 Å². The molecule has 0 saturated heterocycles. The number of thiocarbonyl (C=S) groups is 1. The molecule has 3 aromatic carbocycles. The summed E-state index contributed by atoms with van der Waals surface area (Å²) in [5.41, 5.74) is 2.73. The van der Waals surface area contributed by atoms with Gasteiger partial charge in [-0.05, 0) is 42.5 Å². The number of nitrogens with one attached hydrogen (secondary N) is 1. The van der Waals surface area contributed by atoms with Crippen molar-refractivity contribution in [3.8, 4) is 17.5 Å². The predicted octanol–water partition coefficient (Wildman–Crippen LogP) is 3.83. The van der Waals surface area contributed by atoms with E-state index in [1.807, 2.05) is 59.2 Å². The summed E-state index contributed by atoms with van der Waals surface area (Å²) in [6.07, 6.45) is 0. The van der Waals surface area contributed by atoms with Crippen LogP contribution in [0.2, 0.25) is 0 Å². The van der Waals surface area contributed by atoms with Gasteiger partial charge in [-0.2, -0.15) is 9.83 Å². The molecule has 0 aliphatic carbocycles. The van der Waals surface area contributed by atoms with E-state index in [9.17, 15) is 10.1 Å². The molecule has 0 spiro atoms. The Morgan fingerprint density at radius 3 is 2.41 bits per heavy atom. The summed E-state index contributed by atoms with van der Waals surface area (Å²) in [6.45, 7) is 0.356. The first-order valence-corrected chi connectivity index (χ1v) is 10.8. The first-order chi connectivity index (χ1) is 15.7. The van der Waals surface area contributed by atoms with Gasteiger partial charge in [-0.25, -0.2) is 0 Å². The molecule has 0 unspecified atom stereocenters. The molecule has 1 heterocycles. The van der Waals surface area contributed by atoms with Gasteiger partial charge in [-0.3, -0.25) is 10.1 Å². The van der Waals surface area contributed by atoms with Crippen molar-refractivity contribution in [1.82, 2.24) is 5.32 Å². The minimum absolute atomic E-state index is 0.0258. The quantitative estimate of drug-likeness (QED) is 0.373. The van der Waals surface area contributed by atoms with Crippen LogP contribution in [0.1, 0.15) is 21.5 Å². The standard InChI is InChI=1S/C24H16N4O2S2/c25-15-19-13-7-8-14-20(19)16-28-22(18-11-5-2-6-12-18)30-32-24(28)27-23(31)26-21(29)17-9-3-1-4-10-17/h1-14H,16H2/p+1/b27-24-. The molecule has 1 amide bonds. The molecule has 4 rings (SSSR count). The summed E-state index contributed by atoms with van der Waals surface area (Å²) >= 11 is 6.37. The van der Waals surface area contributed by atoms with Crippen molar-refractivity contribution in [1.29, 1.82) is 5.26 Å². The first-order valence-electron chi connectivity index (χ1n) is 9.67. The van der Waals surface area contributed by atoms with Gasteiger partial charge in [0, 0.05) is 16.1 Å². The van der Waals surface area contributed by atoms with Gasteiger partial charge in [-0.1, -0.05) is 54.6 Å². The zero-order valence-electron chi connectivity index (χ0n) is 16.8. The molecule has 1 N–H and O–H groups in total. The van der Waals surface area contributed by atoms with Crippen molar-refractivity contribution in [2.45, 2.75) is 6.54 Å². The van der Waals surface area contributed by atoms with Crippen LogP contribution in [0.3, 0.4) is 0 Å². The minimum atomic E-state index is -0.336. The van der Waals surface area contributed by atoms with Crippen molar-refractivity contribution in [2.24, 2.45) is 4.99 Å². The van der Waals surface area contributed by atoms with E-state index < -0.39 is 0 Å². The topological polar surface area (TPSA) is 82.3 Å². The highest BCUT2D eigenvalue weighted by Gasteiger charge is 2.22. The average Bonchev–Trinajstić information content (AvgIpc) is 3.22. The largest absolute Gasteiger partial charge is 0.422 e. The molecule has 0 fully saturated rings. The molecule has 0 atom stereocenters. The van der Waals surface area contributed by atoms with Gasteiger partial charge < -0.3 is 3.85 Å². The van der Waals surface area contributed by atoms with Crippen LogP contribution in [0.15, 0.2) is 93.8 Å². The zero-order chi connectivity index (χ0) is 22.3. The van der Waals surface area contributed by atoms with Crippen LogP contribution < -0.4 is 14.7 Å². The van der Waals surface area contributed by atoms with Gasteiger partial charge in [-0.15, -0.1) is 0 Å². The van der Waals surface area contributed by atoms with Gasteiger partial charge >= 0.3 is 15.8 Å². The molecule has 0 aliphatic heterocycles. The van der Waals surface area contributed by atoms with E-state index in [0.29, 0.717) is 28.4 Å². The number of hydrogen-bond donors (Lipinski definition) is 1. The molecule has 1 aromatic heterocycles. The number of nitrogens with zero attached hydrogens (tertiary/aromatic N) is 3. The van der Waals surface area contributed by atoms with Crippen LogP contribution in [-0.2, 0) is 6.54 Å². The van der Waals surface area contributed by atoms with Gasteiger partial charge in [0.1, 0.15) is 18.2 Å². The summed E-state index contributed by atoms with van der Waals surface area (Å²) in [5.74, 6) is 0.247. The van der Waals surface area contributed by atoms with Crippen LogP contribution in [0.5, 0.6) is 0 Å². The highest BCUT2D eigenvalue weighted by Crippen LogP contribution is 2.16. The van der Waals surface area contributed by atoms with Crippen LogP contribution in [0, 0.1) is 11.3 Å². The van der Waals surface area contributed by atoms with Crippen molar-refractivity contribution >= 4 is 34.9 Å². The lowest BCUT2D eigenvalue weighted by Gasteiger charge is -2.03. The van der Waals surface area contributed by atoms with E-state index in [1.165, 1.54) is 0 Å².